The molecule has 0 bridgehead atoms. The van der Waals surface area contributed by atoms with Crippen molar-refractivity contribution < 1.29 is 14.4 Å². The summed E-state index contributed by atoms with van der Waals surface area (Å²) in [7, 11) is 0. The van der Waals surface area contributed by atoms with Gasteiger partial charge in [-0.05, 0) is 25.1 Å². The molecule has 2 N–H and O–H groups in total. The van der Waals surface area contributed by atoms with Gasteiger partial charge in [-0.3, -0.25) is 0 Å². The Kier molecular flexibility index (Phi) is 4.17. The van der Waals surface area contributed by atoms with E-state index in [1.54, 1.807) is 18.2 Å². The second kappa shape index (κ2) is 6.24. The van der Waals surface area contributed by atoms with Gasteiger partial charge in [0, 0.05) is 11.6 Å². The van der Waals surface area contributed by atoms with E-state index in [9.17, 15) is 5.11 Å². The molecule has 112 valence electrons. The molecule has 0 saturated carbocycles. The summed E-state index contributed by atoms with van der Waals surface area (Å²) in [5, 5.41) is 17.0. The number of hydrogen-bond acceptors (Lipinski definition) is 6. The Morgan fingerprint density at radius 1 is 1.38 bits per heavy atom. The van der Waals surface area contributed by atoms with Gasteiger partial charge >= 0.3 is 0 Å². The molecule has 1 aliphatic heterocycles. The average Bonchev–Trinajstić information content (AvgIpc) is 3.13. The molecular weight excluding hydrogens is 270 g/mol. The number of ether oxygens (including phenoxy) is 1. The summed E-state index contributed by atoms with van der Waals surface area (Å²) in [6.45, 7) is 4.32. The molecule has 2 unspecified atom stereocenters. The lowest BCUT2D eigenvalue weighted by atomic mass is 10.0. The average molecular weight is 289 g/mol. The van der Waals surface area contributed by atoms with E-state index >= 15 is 0 Å². The van der Waals surface area contributed by atoms with E-state index in [0.717, 1.165) is 18.5 Å². The van der Waals surface area contributed by atoms with Crippen LogP contribution in [0, 0.1) is 0 Å². The van der Waals surface area contributed by atoms with Crippen LogP contribution in [-0.2, 0) is 4.74 Å². The molecule has 0 radical (unpaired) electrons. The number of rotatable bonds is 5. The first-order chi connectivity index (χ1) is 10.3. The van der Waals surface area contributed by atoms with Crippen molar-refractivity contribution in [2.45, 2.75) is 25.3 Å². The number of nitrogens with zero attached hydrogens (tertiary/aromatic N) is 2. The van der Waals surface area contributed by atoms with Gasteiger partial charge in [-0.15, -0.1) is 0 Å². The largest absolute Gasteiger partial charge is 0.508 e. The SMILES string of the molecule is CCCNC1COCC1c1nc(-c2cccc(O)c2)no1. The number of benzene rings is 1. The molecule has 1 aromatic heterocycles. The van der Waals surface area contributed by atoms with Gasteiger partial charge in [-0.25, -0.2) is 0 Å². The third kappa shape index (κ3) is 3.06. The highest BCUT2D eigenvalue weighted by Crippen LogP contribution is 2.27. The highest BCUT2D eigenvalue weighted by atomic mass is 16.5. The van der Waals surface area contributed by atoms with E-state index < -0.39 is 0 Å². The normalized spacial score (nSPS) is 21.8. The van der Waals surface area contributed by atoms with Crippen molar-refractivity contribution in [3.63, 3.8) is 0 Å². The number of phenols is 1. The minimum Gasteiger partial charge on any atom is -0.508 e. The summed E-state index contributed by atoms with van der Waals surface area (Å²) >= 11 is 0. The summed E-state index contributed by atoms with van der Waals surface area (Å²) in [5.41, 5.74) is 0.738. The van der Waals surface area contributed by atoms with Crippen LogP contribution in [0.2, 0.25) is 0 Å². The fourth-order valence-electron chi connectivity index (χ4n) is 2.48. The zero-order valence-electron chi connectivity index (χ0n) is 12.0. The van der Waals surface area contributed by atoms with Crippen LogP contribution >= 0.6 is 0 Å². The molecule has 6 heteroatoms. The smallest absolute Gasteiger partial charge is 0.234 e. The van der Waals surface area contributed by atoms with Crippen LogP contribution < -0.4 is 5.32 Å². The van der Waals surface area contributed by atoms with Crippen molar-refractivity contribution in [3.05, 3.63) is 30.2 Å². The Morgan fingerprint density at radius 2 is 2.29 bits per heavy atom. The van der Waals surface area contributed by atoms with Gasteiger partial charge < -0.3 is 19.7 Å². The molecule has 0 spiro atoms. The molecule has 1 fully saturated rings. The molecule has 6 nitrogen and oxygen atoms in total. The monoisotopic (exact) mass is 289 g/mol. The second-order valence-electron chi connectivity index (χ2n) is 5.21. The summed E-state index contributed by atoms with van der Waals surface area (Å²) in [5.74, 6) is 1.34. The maximum Gasteiger partial charge on any atom is 0.234 e. The number of aromatic hydroxyl groups is 1. The van der Waals surface area contributed by atoms with Crippen molar-refractivity contribution in [2.75, 3.05) is 19.8 Å². The van der Waals surface area contributed by atoms with Crippen LogP contribution in [0.1, 0.15) is 25.2 Å². The van der Waals surface area contributed by atoms with E-state index in [0.29, 0.717) is 24.9 Å². The maximum atomic E-state index is 9.52. The van der Waals surface area contributed by atoms with Crippen molar-refractivity contribution in [2.24, 2.45) is 0 Å². The standard InChI is InChI=1S/C15H19N3O3/c1-2-6-16-13-9-20-8-12(13)15-17-14(18-21-15)10-4-3-5-11(19)7-10/h3-5,7,12-13,16,19H,2,6,8-9H2,1H3. The van der Waals surface area contributed by atoms with Gasteiger partial charge in [0.1, 0.15) is 5.75 Å². The second-order valence-corrected chi connectivity index (χ2v) is 5.21. The zero-order chi connectivity index (χ0) is 14.7. The molecule has 1 aliphatic rings. The first-order valence-corrected chi connectivity index (χ1v) is 7.22. The fourth-order valence-corrected chi connectivity index (χ4v) is 2.48. The molecule has 0 amide bonds. The van der Waals surface area contributed by atoms with E-state index in [1.807, 2.05) is 6.07 Å². The summed E-state index contributed by atoms with van der Waals surface area (Å²) in [4.78, 5) is 4.45. The maximum absolute atomic E-state index is 9.52. The van der Waals surface area contributed by atoms with Crippen LogP contribution in [-0.4, -0.2) is 41.0 Å². The van der Waals surface area contributed by atoms with E-state index in [2.05, 4.69) is 22.4 Å². The van der Waals surface area contributed by atoms with Gasteiger partial charge in [0.15, 0.2) is 0 Å². The number of aromatic nitrogens is 2. The van der Waals surface area contributed by atoms with E-state index in [1.165, 1.54) is 0 Å². The van der Waals surface area contributed by atoms with Crippen LogP contribution in [0.25, 0.3) is 11.4 Å². The van der Waals surface area contributed by atoms with Gasteiger partial charge in [-0.1, -0.05) is 24.2 Å². The van der Waals surface area contributed by atoms with Crippen molar-refractivity contribution in [1.82, 2.24) is 15.5 Å². The summed E-state index contributed by atoms with van der Waals surface area (Å²) in [6.07, 6.45) is 1.07. The lowest BCUT2D eigenvalue weighted by molar-refractivity contribution is 0.184. The lowest BCUT2D eigenvalue weighted by Gasteiger charge is -2.14. The Morgan fingerprint density at radius 3 is 3.10 bits per heavy atom. The minimum atomic E-state index is 0.0788. The quantitative estimate of drug-likeness (QED) is 0.875. The number of phenolic OH excluding ortho intramolecular Hbond substituents is 1. The van der Waals surface area contributed by atoms with Crippen LogP contribution in [0.4, 0.5) is 0 Å². The van der Waals surface area contributed by atoms with Gasteiger partial charge in [-0.2, -0.15) is 4.98 Å². The van der Waals surface area contributed by atoms with Gasteiger partial charge in [0.2, 0.25) is 11.7 Å². The van der Waals surface area contributed by atoms with Crippen molar-refractivity contribution in [3.8, 4) is 17.1 Å². The van der Waals surface area contributed by atoms with Crippen LogP contribution in [0.3, 0.4) is 0 Å². The Bertz CT molecular complexity index is 599. The minimum absolute atomic E-state index is 0.0788. The summed E-state index contributed by atoms with van der Waals surface area (Å²) in [6, 6.07) is 7.03. The van der Waals surface area contributed by atoms with Crippen molar-refractivity contribution >= 4 is 0 Å². The Hall–Kier alpha value is -1.92. The third-order valence-corrected chi connectivity index (χ3v) is 3.60. The highest BCUT2D eigenvalue weighted by Gasteiger charge is 2.33. The molecule has 2 aromatic rings. The van der Waals surface area contributed by atoms with Crippen molar-refractivity contribution in [1.29, 1.82) is 0 Å². The number of nitrogens with one attached hydrogen (secondary N) is 1. The van der Waals surface area contributed by atoms with E-state index in [4.69, 9.17) is 9.26 Å². The number of hydrogen-bond donors (Lipinski definition) is 2. The van der Waals surface area contributed by atoms with Gasteiger partial charge in [0.25, 0.3) is 0 Å². The fraction of sp³-hybridized carbons (Fsp3) is 0.467. The molecule has 21 heavy (non-hydrogen) atoms. The molecule has 3 rings (SSSR count). The van der Waals surface area contributed by atoms with Crippen LogP contribution in [0.15, 0.2) is 28.8 Å². The predicted molar refractivity (Wildman–Crippen MR) is 77.0 cm³/mol. The van der Waals surface area contributed by atoms with Crippen LogP contribution in [0.5, 0.6) is 5.75 Å². The summed E-state index contributed by atoms with van der Waals surface area (Å²) < 4.78 is 10.9. The Labute approximate surface area is 123 Å². The molecule has 2 heterocycles. The predicted octanol–water partition coefficient (Wildman–Crippen LogP) is 1.92. The van der Waals surface area contributed by atoms with Gasteiger partial charge in [0.05, 0.1) is 19.1 Å². The van der Waals surface area contributed by atoms with E-state index in [-0.39, 0.29) is 17.7 Å². The third-order valence-electron chi connectivity index (χ3n) is 3.60. The first-order valence-electron chi connectivity index (χ1n) is 7.22. The molecule has 0 aliphatic carbocycles. The topological polar surface area (TPSA) is 80.4 Å². The zero-order valence-corrected chi connectivity index (χ0v) is 12.0. The molecular formula is C15H19N3O3. The molecule has 2 atom stereocenters. The lowest BCUT2D eigenvalue weighted by Crippen LogP contribution is -2.34. The molecule has 1 aromatic carbocycles. The molecule has 1 saturated heterocycles. The Balaban J connectivity index is 1.78. The highest BCUT2D eigenvalue weighted by molar-refractivity contribution is 5.56. The first kappa shape index (κ1) is 14.0.